The Morgan fingerprint density at radius 2 is 1.93 bits per heavy atom. The van der Waals surface area contributed by atoms with Crippen LogP contribution in [0, 0.1) is 5.82 Å². The summed E-state index contributed by atoms with van der Waals surface area (Å²) in [4.78, 5) is 11.7. The number of benzene rings is 2. The third-order valence-electron chi connectivity index (χ3n) is 5.29. The molecule has 0 amide bonds. The maximum Gasteiger partial charge on any atom is 0.166 e. The van der Waals surface area contributed by atoms with Crippen LogP contribution in [0.3, 0.4) is 0 Å². The standard InChI is InChI=1S/C21H20FN5/c22-17-9-7-15(8-10-17)12-26-11-3-4-16(13-26)20-24-21-18-5-1-2-6-19(18)23-14-27(21)25-20/h1-2,5-10,14,16H,3-4,11-13H2/t16-/m1/s1. The molecule has 5 rings (SSSR count). The third kappa shape index (κ3) is 3.17. The van der Waals surface area contributed by atoms with Crippen LogP contribution in [0.25, 0.3) is 16.6 Å². The number of hydrogen-bond acceptors (Lipinski definition) is 4. The first kappa shape index (κ1) is 16.3. The molecule has 2 aromatic heterocycles. The first-order valence-corrected chi connectivity index (χ1v) is 9.33. The number of halogens is 1. The summed E-state index contributed by atoms with van der Waals surface area (Å²) in [5, 5.41) is 5.73. The van der Waals surface area contributed by atoms with Crippen LogP contribution in [0.15, 0.2) is 54.9 Å². The van der Waals surface area contributed by atoms with Gasteiger partial charge in [0, 0.05) is 24.4 Å². The van der Waals surface area contributed by atoms with E-state index in [-0.39, 0.29) is 5.82 Å². The first-order chi connectivity index (χ1) is 13.3. The van der Waals surface area contributed by atoms with Crippen molar-refractivity contribution in [3.8, 4) is 0 Å². The average molecular weight is 361 g/mol. The number of rotatable bonds is 3. The molecule has 1 fully saturated rings. The Morgan fingerprint density at radius 3 is 2.81 bits per heavy atom. The van der Waals surface area contributed by atoms with Crippen LogP contribution in [0.1, 0.15) is 30.1 Å². The van der Waals surface area contributed by atoms with E-state index in [1.165, 1.54) is 12.1 Å². The summed E-state index contributed by atoms with van der Waals surface area (Å²) in [5.41, 5.74) is 2.94. The van der Waals surface area contributed by atoms with Gasteiger partial charge in [-0.1, -0.05) is 24.3 Å². The minimum Gasteiger partial charge on any atom is -0.298 e. The van der Waals surface area contributed by atoms with Crippen molar-refractivity contribution in [1.82, 2.24) is 24.5 Å². The number of para-hydroxylation sites is 1. The first-order valence-electron chi connectivity index (χ1n) is 9.33. The highest BCUT2D eigenvalue weighted by Gasteiger charge is 2.25. The smallest absolute Gasteiger partial charge is 0.166 e. The summed E-state index contributed by atoms with van der Waals surface area (Å²) in [7, 11) is 0. The molecule has 1 atom stereocenters. The van der Waals surface area contributed by atoms with Gasteiger partial charge in [-0.3, -0.25) is 4.90 Å². The van der Waals surface area contributed by atoms with Crippen LogP contribution in [-0.4, -0.2) is 37.6 Å². The molecule has 0 spiro atoms. The van der Waals surface area contributed by atoms with Gasteiger partial charge >= 0.3 is 0 Å². The SMILES string of the molecule is Fc1ccc(CN2CCC[C@@H](c3nc4c5ccccc5ncn4n3)C2)cc1. The van der Waals surface area contributed by atoms with Gasteiger partial charge in [-0.15, -0.1) is 5.10 Å². The van der Waals surface area contributed by atoms with Crippen LogP contribution in [0.5, 0.6) is 0 Å². The normalized spacial score (nSPS) is 18.3. The molecule has 0 radical (unpaired) electrons. The molecular weight excluding hydrogens is 341 g/mol. The van der Waals surface area contributed by atoms with Crippen molar-refractivity contribution in [2.24, 2.45) is 0 Å². The van der Waals surface area contributed by atoms with E-state index < -0.39 is 0 Å². The number of aromatic nitrogens is 4. The fourth-order valence-electron chi connectivity index (χ4n) is 3.93. The molecule has 1 saturated heterocycles. The molecule has 6 heteroatoms. The van der Waals surface area contributed by atoms with Gasteiger partial charge in [-0.25, -0.2) is 18.9 Å². The Labute approximate surface area is 156 Å². The van der Waals surface area contributed by atoms with Crippen molar-refractivity contribution in [2.75, 3.05) is 13.1 Å². The van der Waals surface area contributed by atoms with Crippen molar-refractivity contribution >= 4 is 16.6 Å². The highest BCUT2D eigenvalue weighted by Crippen LogP contribution is 2.27. The lowest BCUT2D eigenvalue weighted by Gasteiger charge is -2.31. The fourth-order valence-corrected chi connectivity index (χ4v) is 3.93. The number of fused-ring (bicyclic) bond motifs is 3. The summed E-state index contributed by atoms with van der Waals surface area (Å²) in [5.74, 6) is 1.000. The van der Waals surface area contributed by atoms with Crippen LogP contribution in [0.4, 0.5) is 4.39 Å². The van der Waals surface area contributed by atoms with Gasteiger partial charge in [-0.05, 0) is 49.2 Å². The molecule has 3 heterocycles. The molecule has 4 aromatic rings. The lowest BCUT2D eigenvalue weighted by molar-refractivity contribution is 0.196. The fraction of sp³-hybridized carbons (Fsp3) is 0.286. The zero-order chi connectivity index (χ0) is 18.2. The van der Waals surface area contributed by atoms with Crippen LogP contribution < -0.4 is 0 Å². The van der Waals surface area contributed by atoms with Crippen LogP contribution >= 0.6 is 0 Å². The maximum atomic E-state index is 13.1. The molecule has 0 aliphatic carbocycles. The van der Waals surface area contributed by atoms with E-state index >= 15 is 0 Å². The Hall–Kier alpha value is -2.86. The second kappa shape index (κ2) is 6.70. The number of nitrogens with zero attached hydrogens (tertiary/aromatic N) is 5. The van der Waals surface area contributed by atoms with Crippen molar-refractivity contribution in [3.63, 3.8) is 0 Å². The molecular formula is C21H20FN5. The molecule has 2 aromatic carbocycles. The highest BCUT2D eigenvalue weighted by atomic mass is 19.1. The summed E-state index contributed by atoms with van der Waals surface area (Å²) < 4.78 is 14.9. The second-order valence-corrected chi connectivity index (χ2v) is 7.20. The van der Waals surface area contributed by atoms with E-state index in [0.717, 1.165) is 60.4 Å². The molecule has 0 N–H and O–H groups in total. The molecule has 0 saturated carbocycles. The maximum absolute atomic E-state index is 13.1. The molecule has 1 aliphatic heterocycles. The van der Waals surface area contributed by atoms with Crippen molar-refractivity contribution in [3.05, 3.63) is 72.1 Å². The van der Waals surface area contributed by atoms with E-state index in [0.29, 0.717) is 5.92 Å². The minimum atomic E-state index is -0.190. The van der Waals surface area contributed by atoms with Crippen LogP contribution in [-0.2, 0) is 6.54 Å². The van der Waals surface area contributed by atoms with E-state index in [9.17, 15) is 4.39 Å². The Balaban J connectivity index is 1.40. The zero-order valence-electron chi connectivity index (χ0n) is 14.9. The van der Waals surface area contributed by atoms with Crippen molar-refractivity contribution in [1.29, 1.82) is 0 Å². The molecule has 0 bridgehead atoms. The molecule has 136 valence electrons. The number of piperidine rings is 1. The monoisotopic (exact) mass is 361 g/mol. The topological polar surface area (TPSA) is 46.3 Å². The van der Waals surface area contributed by atoms with E-state index in [2.05, 4.69) is 9.88 Å². The van der Waals surface area contributed by atoms with Crippen molar-refractivity contribution in [2.45, 2.75) is 25.3 Å². The number of likely N-dealkylation sites (tertiary alicyclic amines) is 1. The Kier molecular flexibility index (Phi) is 4.05. The van der Waals surface area contributed by atoms with Gasteiger partial charge in [0.1, 0.15) is 12.1 Å². The quantitative estimate of drug-likeness (QED) is 0.557. The van der Waals surface area contributed by atoms with E-state index in [1.807, 2.05) is 36.4 Å². The molecule has 27 heavy (non-hydrogen) atoms. The lowest BCUT2D eigenvalue weighted by Crippen LogP contribution is -2.34. The molecule has 5 nitrogen and oxygen atoms in total. The Bertz CT molecular complexity index is 1090. The zero-order valence-corrected chi connectivity index (χ0v) is 14.9. The largest absolute Gasteiger partial charge is 0.298 e. The van der Waals surface area contributed by atoms with Gasteiger partial charge in [0.15, 0.2) is 11.5 Å². The average Bonchev–Trinajstić information content (AvgIpc) is 3.15. The third-order valence-corrected chi connectivity index (χ3v) is 5.29. The van der Waals surface area contributed by atoms with E-state index in [1.54, 1.807) is 10.8 Å². The van der Waals surface area contributed by atoms with Crippen LogP contribution in [0.2, 0.25) is 0 Å². The summed E-state index contributed by atoms with van der Waals surface area (Å²) >= 11 is 0. The summed E-state index contributed by atoms with van der Waals surface area (Å²) in [6, 6.07) is 14.8. The number of hydrogen-bond donors (Lipinski definition) is 0. The minimum absolute atomic E-state index is 0.190. The van der Waals surface area contributed by atoms with Gasteiger partial charge in [0.25, 0.3) is 0 Å². The Morgan fingerprint density at radius 1 is 1.07 bits per heavy atom. The predicted molar refractivity (Wildman–Crippen MR) is 102 cm³/mol. The summed E-state index contributed by atoms with van der Waals surface area (Å²) in [6.45, 7) is 2.79. The lowest BCUT2D eigenvalue weighted by atomic mass is 9.97. The van der Waals surface area contributed by atoms with Gasteiger partial charge in [0.05, 0.1) is 5.52 Å². The molecule has 0 unspecified atom stereocenters. The van der Waals surface area contributed by atoms with Gasteiger partial charge in [-0.2, -0.15) is 0 Å². The van der Waals surface area contributed by atoms with Crippen molar-refractivity contribution < 1.29 is 4.39 Å². The van der Waals surface area contributed by atoms with Gasteiger partial charge < -0.3 is 0 Å². The summed E-state index contributed by atoms with van der Waals surface area (Å²) in [6.07, 6.45) is 3.94. The van der Waals surface area contributed by atoms with Gasteiger partial charge in [0.2, 0.25) is 0 Å². The van der Waals surface area contributed by atoms with E-state index in [4.69, 9.17) is 10.1 Å². The highest BCUT2D eigenvalue weighted by molar-refractivity contribution is 5.90. The molecule has 1 aliphatic rings. The predicted octanol–water partition coefficient (Wildman–Crippen LogP) is 3.80. The second-order valence-electron chi connectivity index (χ2n) is 7.20.